The van der Waals surface area contributed by atoms with Crippen LogP contribution >= 0.6 is 0 Å². The van der Waals surface area contributed by atoms with Crippen molar-refractivity contribution in [2.45, 2.75) is 25.3 Å². The number of carbonyl (C=O) groups excluding carboxylic acids is 1. The van der Waals surface area contributed by atoms with Gasteiger partial charge >= 0.3 is 0 Å². The van der Waals surface area contributed by atoms with Gasteiger partial charge in [-0.3, -0.25) is 4.79 Å². The Labute approximate surface area is 139 Å². The Morgan fingerprint density at radius 1 is 1.46 bits per heavy atom. The molecular weight excluding hydrogens is 307 g/mol. The summed E-state index contributed by atoms with van der Waals surface area (Å²) in [7, 11) is 0. The van der Waals surface area contributed by atoms with Crippen molar-refractivity contribution < 1.29 is 9.18 Å². The van der Waals surface area contributed by atoms with E-state index in [4.69, 9.17) is 11.0 Å². The first-order valence-corrected chi connectivity index (χ1v) is 7.78. The molecule has 0 bridgehead atoms. The fourth-order valence-corrected chi connectivity index (χ4v) is 3.09. The largest absolute Gasteiger partial charge is 0.397 e. The molecule has 0 unspecified atom stereocenters. The third-order valence-electron chi connectivity index (χ3n) is 4.29. The second kappa shape index (κ2) is 6.67. The molecule has 1 aromatic heterocycles. The van der Waals surface area contributed by atoms with Gasteiger partial charge < -0.3 is 10.6 Å². The molecule has 122 valence electrons. The summed E-state index contributed by atoms with van der Waals surface area (Å²) in [4.78, 5) is 18.5. The van der Waals surface area contributed by atoms with Gasteiger partial charge in [-0.1, -0.05) is 12.1 Å². The summed E-state index contributed by atoms with van der Waals surface area (Å²) in [6.45, 7) is 0.584. The van der Waals surface area contributed by atoms with Gasteiger partial charge in [-0.15, -0.1) is 0 Å². The molecule has 3 rings (SSSR count). The smallest absolute Gasteiger partial charge is 0.275 e. The predicted octanol–water partition coefficient (Wildman–Crippen LogP) is 2.85. The van der Waals surface area contributed by atoms with Crippen LogP contribution in [-0.4, -0.2) is 22.3 Å². The molecule has 0 radical (unpaired) electrons. The predicted molar refractivity (Wildman–Crippen MR) is 87.4 cm³/mol. The van der Waals surface area contributed by atoms with Crippen molar-refractivity contribution in [1.29, 1.82) is 5.26 Å². The standard InChI is InChI=1S/C18H17FN4O/c19-14-11-13(6-5-12(14)7-8-20)16-4-2-10-23(16)18(24)17-15(21)3-1-9-22-17/h1,3,5-6,9,11,16H,2,4,7,10,21H2/t16-/m1/s1. The maximum Gasteiger partial charge on any atom is 0.275 e. The van der Waals surface area contributed by atoms with E-state index in [9.17, 15) is 9.18 Å². The first kappa shape index (κ1) is 15.9. The average Bonchev–Trinajstić information content (AvgIpc) is 3.06. The number of carbonyl (C=O) groups is 1. The number of rotatable bonds is 3. The third kappa shape index (κ3) is 2.93. The summed E-state index contributed by atoms with van der Waals surface area (Å²) in [5.41, 5.74) is 7.51. The number of anilines is 1. The Hall–Kier alpha value is -2.94. The van der Waals surface area contributed by atoms with E-state index < -0.39 is 5.82 Å². The maximum atomic E-state index is 14.1. The first-order chi connectivity index (χ1) is 11.6. The van der Waals surface area contributed by atoms with Crippen LogP contribution in [0, 0.1) is 17.1 Å². The lowest BCUT2D eigenvalue weighted by atomic mass is 10.0. The van der Waals surface area contributed by atoms with Crippen molar-refractivity contribution in [3.05, 3.63) is 59.2 Å². The van der Waals surface area contributed by atoms with Crippen LogP contribution in [0.1, 0.15) is 40.5 Å². The molecule has 0 aliphatic carbocycles. The number of pyridine rings is 1. The number of benzene rings is 1. The first-order valence-electron chi connectivity index (χ1n) is 7.78. The Morgan fingerprint density at radius 3 is 3.00 bits per heavy atom. The molecule has 1 atom stereocenters. The second-order valence-corrected chi connectivity index (χ2v) is 5.78. The molecular formula is C18H17FN4O. The molecule has 5 nitrogen and oxygen atoms in total. The van der Waals surface area contributed by atoms with E-state index in [-0.39, 0.29) is 24.1 Å². The quantitative estimate of drug-likeness (QED) is 0.941. The molecule has 2 aromatic rings. The van der Waals surface area contributed by atoms with Gasteiger partial charge in [-0.05, 0) is 36.6 Å². The van der Waals surface area contributed by atoms with Crippen LogP contribution < -0.4 is 5.73 Å². The topological polar surface area (TPSA) is 83.0 Å². The summed E-state index contributed by atoms with van der Waals surface area (Å²) in [6, 6.07) is 9.88. The summed E-state index contributed by atoms with van der Waals surface area (Å²) >= 11 is 0. The zero-order valence-electron chi connectivity index (χ0n) is 13.1. The lowest BCUT2D eigenvalue weighted by Gasteiger charge is -2.25. The van der Waals surface area contributed by atoms with Crippen molar-refractivity contribution in [2.75, 3.05) is 12.3 Å². The Balaban J connectivity index is 1.89. The zero-order valence-corrected chi connectivity index (χ0v) is 13.1. The second-order valence-electron chi connectivity index (χ2n) is 5.78. The van der Waals surface area contributed by atoms with Crippen LogP contribution in [0.15, 0.2) is 36.5 Å². The van der Waals surface area contributed by atoms with E-state index in [0.29, 0.717) is 17.8 Å². The third-order valence-corrected chi connectivity index (χ3v) is 4.29. The molecule has 0 spiro atoms. The molecule has 1 saturated heterocycles. The lowest BCUT2D eigenvalue weighted by molar-refractivity contribution is 0.0730. The van der Waals surface area contributed by atoms with Crippen LogP contribution in [0.25, 0.3) is 0 Å². The van der Waals surface area contributed by atoms with Gasteiger partial charge in [-0.25, -0.2) is 9.37 Å². The van der Waals surface area contributed by atoms with Crippen LogP contribution in [-0.2, 0) is 6.42 Å². The minimum atomic E-state index is -0.411. The summed E-state index contributed by atoms with van der Waals surface area (Å²) in [6.07, 6.45) is 3.16. The molecule has 1 aliphatic heterocycles. The number of hydrogen-bond donors (Lipinski definition) is 1. The number of amides is 1. The van der Waals surface area contributed by atoms with E-state index in [0.717, 1.165) is 18.4 Å². The maximum absolute atomic E-state index is 14.1. The highest BCUT2D eigenvalue weighted by Gasteiger charge is 2.32. The van der Waals surface area contributed by atoms with Crippen molar-refractivity contribution in [3.63, 3.8) is 0 Å². The number of nitriles is 1. The molecule has 1 aliphatic rings. The van der Waals surface area contributed by atoms with E-state index in [1.807, 2.05) is 6.07 Å². The Bertz CT molecular complexity index is 815. The Morgan fingerprint density at radius 2 is 2.29 bits per heavy atom. The lowest BCUT2D eigenvalue weighted by Crippen LogP contribution is -2.31. The molecule has 6 heteroatoms. The molecule has 24 heavy (non-hydrogen) atoms. The normalized spacial score (nSPS) is 16.8. The van der Waals surface area contributed by atoms with Gasteiger partial charge in [0.05, 0.1) is 24.2 Å². The monoisotopic (exact) mass is 324 g/mol. The highest BCUT2D eigenvalue weighted by Crippen LogP contribution is 2.34. The van der Waals surface area contributed by atoms with E-state index in [1.165, 1.54) is 12.3 Å². The highest BCUT2D eigenvalue weighted by molar-refractivity contribution is 5.97. The molecule has 0 saturated carbocycles. The number of nitrogen functional groups attached to an aromatic ring is 1. The minimum absolute atomic E-state index is 0.0316. The summed E-state index contributed by atoms with van der Waals surface area (Å²) in [5.74, 6) is -0.650. The van der Waals surface area contributed by atoms with Crippen LogP contribution in [0.5, 0.6) is 0 Å². The summed E-state index contributed by atoms with van der Waals surface area (Å²) < 4.78 is 14.1. The molecule has 1 amide bonds. The molecule has 2 heterocycles. The van der Waals surface area contributed by atoms with E-state index in [2.05, 4.69) is 4.98 Å². The van der Waals surface area contributed by atoms with Crippen LogP contribution in [0.3, 0.4) is 0 Å². The van der Waals surface area contributed by atoms with Gasteiger partial charge in [0, 0.05) is 18.3 Å². The van der Waals surface area contributed by atoms with Gasteiger partial charge in [0.1, 0.15) is 5.82 Å². The zero-order chi connectivity index (χ0) is 17.1. The van der Waals surface area contributed by atoms with Crippen LogP contribution in [0.4, 0.5) is 10.1 Å². The van der Waals surface area contributed by atoms with Crippen molar-refractivity contribution >= 4 is 11.6 Å². The van der Waals surface area contributed by atoms with Gasteiger partial charge in [0.2, 0.25) is 0 Å². The van der Waals surface area contributed by atoms with E-state index in [1.54, 1.807) is 29.2 Å². The molecule has 2 N–H and O–H groups in total. The van der Waals surface area contributed by atoms with E-state index >= 15 is 0 Å². The Kier molecular flexibility index (Phi) is 4.43. The van der Waals surface area contributed by atoms with Gasteiger partial charge in [0.25, 0.3) is 5.91 Å². The number of nitrogens with zero attached hydrogens (tertiary/aromatic N) is 3. The minimum Gasteiger partial charge on any atom is -0.397 e. The van der Waals surface area contributed by atoms with Crippen molar-refractivity contribution in [2.24, 2.45) is 0 Å². The summed E-state index contributed by atoms with van der Waals surface area (Å²) in [5, 5.41) is 8.70. The number of halogens is 1. The van der Waals surface area contributed by atoms with Crippen molar-refractivity contribution in [3.8, 4) is 6.07 Å². The number of likely N-dealkylation sites (tertiary alicyclic amines) is 1. The number of nitrogens with two attached hydrogens (primary N) is 1. The highest BCUT2D eigenvalue weighted by atomic mass is 19.1. The van der Waals surface area contributed by atoms with Gasteiger partial charge in [-0.2, -0.15) is 5.26 Å². The van der Waals surface area contributed by atoms with Crippen LogP contribution in [0.2, 0.25) is 0 Å². The fourth-order valence-electron chi connectivity index (χ4n) is 3.09. The number of hydrogen-bond acceptors (Lipinski definition) is 4. The van der Waals surface area contributed by atoms with Crippen molar-refractivity contribution in [1.82, 2.24) is 9.88 Å². The molecule has 1 fully saturated rings. The SMILES string of the molecule is N#CCc1ccc([C@H]2CCCN2C(=O)c2ncccc2N)cc1F. The average molecular weight is 324 g/mol. The van der Waals surface area contributed by atoms with Gasteiger partial charge in [0.15, 0.2) is 5.69 Å². The number of aromatic nitrogens is 1. The fraction of sp³-hybridized carbons (Fsp3) is 0.278. The molecule has 1 aromatic carbocycles.